The summed E-state index contributed by atoms with van der Waals surface area (Å²) in [6.07, 6.45) is 5.53. The highest BCUT2D eigenvalue weighted by molar-refractivity contribution is 6.74. The van der Waals surface area contributed by atoms with Crippen LogP contribution in [-0.2, 0) is 18.7 Å². The number of likely N-dealkylation sites (tertiary alicyclic amines) is 1. The number of carbonyl (C=O) groups is 1. The number of carbonyl (C=O) groups excluding carboxylic acids is 1. The van der Waals surface area contributed by atoms with Crippen molar-refractivity contribution < 1.29 is 18.7 Å². The second-order valence-electron chi connectivity index (χ2n) is 9.61. The molecule has 0 aromatic heterocycles. The molecule has 2 aliphatic heterocycles. The minimum Gasteiger partial charge on any atom is -0.415 e. The smallest absolute Gasteiger partial charge is 0.225 e. The Morgan fingerprint density at radius 3 is 2.63 bits per heavy atom. The molecule has 2 aliphatic rings. The predicted octanol–water partition coefficient (Wildman–Crippen LogP) is 3.81. The molecule has 0 aromatic rings. The Kier molecular flexibility index (Phi) is 8.40. The van der Waals surface area contributed by atoms with Crippen LogP contribution < -0.4 is 0 Å². The molecule has 0 aliphatic carbocycles. The fraction of sp³-hybridized carbons (Fsp3) is 0.950. The molecule has 0 aromatic carbocycles. The largest absolute Gasteiger partial charge is 0.415 e. The molecular formula is C20H40BNO4Si. The van der Waals surface area contributed by atoms with E-state index >= 15 is 0 Å². The van der Waals surface area contributed by atoms with Gasteiger partial charge in [-0.25, -0.2) is 0 Å². The molecule has 5 nitrogen and oxygen atoms in total. The first-order valence-corrected chi connectivity index (χ1v) is 13.8. The van der Waals surface area contributed by atoms with E-state index in [1.807, 2.05) is 4.90 Å². The Labute approximate surface area is 167 Å². The summed E-state index contributed by atoms with van der Waals surface area (Å²) < 4.78 is 18.6. The van der Waals surface area contributed by atoms with Crippen LogP contribution in [0.2, 0.25) is 31.3 Å². The van der Waals surface area contributed by atoms with Gasteiger partial charge < -0.3 is 18.8 Å². The topological polar surface area (TPSA) is 48.0 Å². The highest BCUT2D eigenvalue weighted by Gasteiger charge is 2.44. The Balaban J connectivity index is 2.05. The molecule has 2 fully saturated rings. The first kappa shape index (κ1) is 22.9. The molecule has 2 saturated heterocycles. The van der Waals surface area contributed by atoms with Gasteiger partial charge >= 0.3 is 0 Å². The van der Waals surface area contributed by atoms with E-state index in [0.29, 0.717) is 13.0 Å². The molecule has 0 bridgehead atoms. The van der Waals surface area contributed by atoms with Crippen molar-refractivity contribution in [2.45, 2.75) is 103 Å². The van der Waals surface area contributed by atoms with Crippen LogP contribution in [0.4, 0.5) is 0 Å². The first-order valence-electron chi connectivity index (χ1n) is 10.9. The fourth-order valence-corrected chi connectivity index (χ4v) is 4.51. The maximum atomic E-state index is 12.7. The van der Waals surface area contributed by atoms with Crippen molar-refractivity contribution in [3.05, 3.63) is 0 Å². The minimum absolute atomic E-state index is 0.00834. The normalized spacial score (nSPS) is 27.3. The van der Waals surface area contributed by atoms with Crippen LogP contribution in [0.1, 0.15) is 52.9 Å². The zero-order valence-electron chi connectivity index (χ0n) is 18.4. The van der Waals surface area contributed by atoms with E-state index in [-0.39, 0.29) is 29.4 Å². The van der Waals surface area contributed by atoms with Crippen LogP contribution in [0.25, 0.3) is 0 Å². The maximum absolute atomic E-state index is 12.7. The standard InChI is InChI=1S/C20H40BNO4Si/c1-20(2,3)27(5,6)25-15-16-17(26-19-10-7-8-13-24-19)14-18(23)22(16)12-9-11-21-4/h16-17,19,21H,7-15H2,1-6H3/t16-,17+,19?/m0/s1. The van der Waals surface area contributed by atoms with Gasteiger partial charge in [-0.2, -0.15) is 0 Å². The molecule has 1 amide bonds. The Morgan fingerprint density at radius 2 is 2.04 bits per heavy atom. The van der Waals surface area contributed by atoms with Gasteiger partial charge in [0.2, 0.25) is 5.91 Å². The minimum atomic E-state index is -1.87. The van der Waals surface area contributed by atoms with Crippen molar-refractivity contribution in [3.63, 3.8) is 0 Å². The lowest BCUT2D eigenvalue weighted by Gasteiger charge is -2.39. The molecule has 0 N–H and O–H groups in total. The summed E-state index contributed by atoms with van der Waals surface area (Å²) in [5, 5.41) is 0.158. The van der Waals surface area contributed by atoms with E-state index in [9.17, 15) is 4.79 Å². The summed E-state index contributed by atoms with van der Waals surface area (Å²) in [5.41, 5.74) is 0. The van der Waals surface area contributed by atoms with Crippen molar-refractivity contribution >= 4 is 21.5 Å². The van der Waals surface area contributed by atoms with Crippen molar-refractivity contribution in [1.29, 1.82) is 0 Å². The van der Waals surface area contributed by atoms with E-state index in [0.717, 1.165) is 52.4 Å². The third-order valence-corrected chi connectivity index (χ3v) is 10.9. The molecule has 0 saturated carbocycles. The summed E-state index contributed by atoms with van der Waals surface area (Å²) >= 11 is 0. The van der Waals surface area contributed by atoms with Crippen LogP contribution in [0.5, 0.6) is 0 Å². The molecule has 2 heterocycles. The molecular weight excluding hydrogens is 357 g/mol. The van der Waals surface area contributed by atoms with Crippen LogP contribution >= 0.6 is 0 Å². The van der Waals surface area contributed by atoms with Gasteiger partial charge in [0.1, 0.15) is 7.28 Å². The average Bonchev–Trinajstić information content (AvgIpc) is 2.88. The average molecular weight is 397 g/mol. The molecule has 0 spiro atoms. The number of hydrogen-bond acceptors (Lipinski definition) is 4. The number of hydrogen-bond donors (Lipinski definition) is 0. The molecule has 0 radical (unpaired) electrons. The van der Waals surface area contributed by atoms with Gasteiger partial charge in [-0.1, -0.05) is 33.9 Å². The fourth-order valence-electron chi connectivity index (χ4n) is 3.49. The van der Waals surface area contributed by atoms with E-state index in [4.69, 9.17) is 13.9 Å². The van der Waals surface area contributed by atoms with Gasteiger partial charge in [0.05, 0.1) is 25.2 Å². The highest BCUT2D eigenvalue weighted by Crippen LogP contribution is 2.37. The van der Waals surface area contributed by atoms with Gasteiger partial charge in [-0.3, -0.25) is 4.79 Å². The van der Waals surface area contributed by atoms with Gasteiger partial charge in [0.25, 0.3) is 0 Å². The third-order valence-electron chi connectivity index (χ3n) is 6.41. The van der Waals surface area contributed by atoms with Crippen molar-refractivity contribution in [2.75, 3.05) is 19.8 Å². The Bertz CT molecular complexity index is 477. The predicted molar refractivity (Wildman–Crippen MR) is 114 cm³/mol. The lowest BCUT2D eigenvalue weighted by atomic mass is 9.77. The SMILES string of the molecule is CBCCCN1C(=O)C[C@@H](OC2CCCCO2)[C@@H]1CO[Si](C)(C)C(C)(C)C. The molecule has 156 valence electrons. The molecule has 2 rings (SSSR count). The number of ether oxygens (including phenoxy) is 2. The lowest BCUT2D eigenvalue weighted by Crippen LogP contribution is -2.48. The third kappa shape index (κ3) is 6.31. The second kappa shape index (κ2) is 9.90. The Morgan fingerprint density at radius 1 is 1.30 bits per heavy atom. The number of amides is 1. The quantitative estimate of drug-likeness (QED) is 0.438. The maximum Gasteiger partial charge on any atom is 0.225 e. The molecule has 7 heteroatoms. The van der Waals surface area contributed by atoms with Gasteiger partial charge in [0, 0.05) is 13.2 Å². The van der Waals surface area contributed by atoms with Gasteiger partial charge in [-0.05, 0) is 43.8 Å². The monoisotopic (exact) mass is 397 g/mol. The summed E-state index contributed by atoms with van der Waals surface area (Å²) in [5.74, 6) is 0.204. The Hall–Kier alpha value is -0.368. The molecule has 1 unspecified atom stereocenters. The van der Waals surface area contributed by atoms with E-state index < -0.39 is 8.32 Å². The van der Waals surface area contributed by atoms with Gasteiger partial charge in [-0.15, -0.1) is 0 Å². The van der Waals surface area contributed by atoms with Crippen molar-refractivity contribution in [3.8, 4) is 0 Å². The summed E-state index contributed by atoms with van der Waals surface area (Å²) in [4.78, 5) is 14.7. The van der Waals surface area contributed by atoms with E-state index in [1.54, 1.807) is 0 Å². The zero-order chi connectivity index (χ0) is 20.1. The molecule has 3 atom stereocenters. The van der Waals surface area contributed by atoms with Gasteiger partial charge in [0.15, 0.2) is 14.6 Å². The lowest BCUT2D eigenvalue weighted by molar-refractivity contribution is -0.193. The van der Waals surface area contributed by atoms with Crippen LogP contribution in [-0.4, -0.2) is 64.6 Å². The van der Waals surface area contributed by atoms with Crippen molar-refractivity contribution in [1.82, 2.24) is 4.90 Å². The van der Waals surface area contributed by atoms with Crippen LogP contribution in [0.3, 0.4) is 0 Å². The highest BCUT2D eigenvalue weighted by atomic mass is 28.4. The summed E-state index contributed by atoms with van der Waals surface area (Å²) in [6, 6.07) is 0.00834. The second-order valence-corrected chi connectivity index (χ2v) is 14.4. The van der Waals surface area contributed by atoms with Crippen molar-refractivity contribution in [2.24, 2.45) is 0 Å². The number of rotatable bonds is 9. The number of nitrogens with zero attached hydrogens (tertiary/aromatic N) is 1. The zero-order valence-corrected chi connectivity index (χ0v) is 19.4. The van der Waals surface area contributed by atoms with Crippen LogP contribution in [0, 0.1) is 0 Å². The van der Waals surface area contributed by atoms with Crippen LogP contribution in [0.15, 0.2) is 0 Å². The summed E-state index contributed by atoms with van der Waals surface area (Å²) in [7, 11) is -0.713. The summed E-state index contributed by atoms with van der Waals surface area (Å²) in [6.45, 7) is 15.6. The first-order chi connectivity index (χ1) is 12.7. The van der Waals surface area contributed by atoms with E-state index in [1.165, 1.54) is 0 Å². The van der Waals surface area contributed by atoms with E-state index in [2.05, 4.69) is 40.7 Å². The molecule has 27 heavy (non-hydrogen) atoms.